The largest absolute Gasteiger partial charge is 0.457 e. The molecule has 0 fully saturated rings. The summed E-state index contributed by atoms with van der Waals surface area (Å²) in [4.78, 5) is 56.2. The molecular weight excluding hydrogens is 558 g/mol. The summed E-state index contributed by atoms with van der Waals surface area (Å²) in [5, 5.41) is 3.66. The SMILES string of the molecule is CC[C@@]1(OC(C)=O)C(=O)OCc2c1cc1n(c2=O)Cc2c-1nc1cc3c(cc1c2CCCNC(=O)OC(C)(C)C)OCO3. The third-order valence-corrected chi connectivity index (χ3v) is 7.86. The first-order valence-corrected chi connectivity index (χ1v) is 14.3. The maximum atomic E-state index is 13.9. The number of fused-ring (bicyclic) bond motifs is 6. The highest BCUT2D eigenvalue weighted by Crippen LogP contribution is 2.44. The van der Waals surface area contributed by atoms with Crippen molar-refractivity contribution in [3.8, 4) is 22.9 Å². The monoisotopic (exact) mass is 591 g/mol. The average Bonchev–Trinajstić information content (AvgIpc) is 3.54. The Morgan fingerprint density at radius 3 is 2.53 bits per heavy atom. The third kappa shape index (κ3) is 4.84. The molecule has 226 valence electrons. The molecule has 6 rings (SSSR count). The van der Waals surface area contributed by atoms with Crippen molar-refractivity contribution in [2.45, 2.75) is 78.2 Å². The lowest BCUT2D eigenvalue weighted by atomic mass is 9.85. The van der Waals surface area contributed by atoms with E-state index in [1.54, 1.807) is 38.3 Å². The number of benzene rings is 1. The molecule has 0 saturated heterocycles. The van der Waals surface area contributed by atoms with Gasteiger partial charge in [0.25, 0.3) is 5.56 Å². The molecule has 12 nitrogen and oxygen atoms in total. The van der Waals surface area contributed by atoms with Gasteiger partial charge in [0.15, 0.2) is 11.5 Å². The highest BCUT2D eigenvalue weighted by atomic mass is 16.7. The number of aryl methyl sites for hydroxylation is 1. The quantitative estimate of drug-likeness (QED) is 0.200. The number of amides is 1. The molecule has 1 atom stereocenters. The molecule has 5 heterocycles. The highest BCUT2D eigenvalue weighted by Gasteiger charge is 2.50. The first-order valence-electron chi connectivity index (χ1n) is 14.3. The standard InChI is InChI=1S/C31H33N3O9/c1-6-31(42-16(2)35)21-11-23-26-19(13-34(23)27(36)20(21)14-39-28(31)37)17(8-7-9-32-29(38)43-30(3,4)5)18-10-24-25(41-15-40-24)12-22(18)33-26/h10-12H,6-9,13-15H2,1-5H3,(H,32,38)/t31-/m0/s1. The van der Waals surface area contributed by atoms with E-state index < -0.39 is 29.2 Å². The Bertz CT molecular complexity index is 1750. The Hall–Kier alpha value is -4.61. The Kier molecular flexibility index (Phi) is 6.82. The lowest BCUT2D eigenvalue weighted by molar-refractivity contribution is -0.188. The van der Waals surface area contributed by atoms with E-state index in [9.17, 15) is 19.2 Å². The average molecular weight is 592 g/mol. The summed E-state index contributed by atoms with van der Waals surface area (Å²) in [5.74, 6) is -0.191. The summed E-state index contributed by atoms with van der Waals surface area (Å²) in [6, 6.07) is 5.44. The minimum absolute atomic E-state index is 0.0959. The number of esters is 2. The van der Waals surface area contributed by atoms with Crippen LogP contribution < -0.4 is 20.3 Å². The number of aromatic nitrogens is 2. The predicted octanol–water partition coefficient (Wildman–Crippen LogP) is 3.84. The summed E-state index contributed by atoms with van der Waals surface area (Å²) >= 11 is 0. The van der Waals surface area contributed by atoms with E-state index in [1.807, 2.05) is 12.1 Å². The molecule has 3 aliphatic rings. The fourth-order valence-corrected chi connectivity index (χ4v) is 6.01. The van der Waals surface area contributed by atoms with Crippen LogP contribution in [0, 0.1) is 0 Å². The molecule has 3 aromatic rings. The summed E-state index contributed by atoms with van der Waals surface area (Å²) in [6.45, 7) is 8.86. The molecule has 0 bridgehead atoms. The second-order valence-electron chi connectivity index (χ2n) is 11.8. The van der Waals surface area contributed by atoms with E-state index in [0.29, 0.717) is 53.4 Å². The van der Waals surface area contributed by atoms with Crippen LogP contribution in [0.1, 0.15) is 69.7 Å². The number of ether oxygens (including phenoxy) is 5. The van der Waals surface area contributed by atoms with Crippen molar-refractivity contribution < 1.29 is 38.1 Å². The minimum atomic E-state index is -1.73. The van der Waals surface area contributed by atoms with Gasteiger partial charge in [0.05, 0.1) is 29.0 Å². The summed E-state index contributed by atoms with van der Waals surface area (Å²) in [5.41, 5.74) is 1.50. The van der Waals surface area contributed by atoms with Crippen molar-refractivity contribution in [3.05, 3.63) is 50.8 Å². The minimum Gasteiger partial charge on any atom is -0.457 e. The van der Waals surface area contributed by atoms with Crippen LogP contribution in [-0.2, 0) is 49.0 Å². The zero-order valence-corrected chi connectivity index (χ0v) is 24.8. The van der Waals surface area contributed by atoms with E-state index in [-0.39, 0.29) is 37.5 Å². The van der Waals surface area contributed by atoms with Crippen molar-refractivity contribution >= 4 is 28.9 Å². The van der Waals surface area contributed by atoms with Gasteiger partial charge in [0.2, 0.25) is 12.4 Å². The molecule has 1 N–H and O–H groups in total. The molecule has 1 aromatic carbocycles. The summed E-state index contributed by atoms with van der Waals surface area (Å²) in [6.07, 6.45) is 0.759. The fourth-order valence-electron chi connectivity index (χ4n) is 6.01. The summed E-state index contributed by atoms with van der Waals surface area (Å²) in [7, 11) is 0. The van der Waals surface area contributed by atoms with Gasteiger partial charge in [-0.2, -0.15) is 0 Å². The maximum absolute atomic E-state index is 13.9. The van der Waals surface area contributed by atoms with Crippen LogP contribution in [0.15, 0.2) is 23.0 Å². The Morgan fingerprint density at radius 2 is 1.84 bits per heavy atom. The number of alkyl carbamates (subject to hydrolysis) is 1. The van der Waals surface area contributed by atoms with Gasteiger partial charge in [-0.15, -0.1) is 0 Å². The molecule has 0 radical (unpaired) electrons. The van der Waals surface area contributed by atoms with Crippen LogP contribution in [0.25, 0.3) is 22.3 Å². The van der Waals surface area contributed by atoms with Crippen molar-refractivity contribution in [1.29, 1.82) is 0 Å². The first kappa shape index (κ1) is 28.5. The molecule has 12 heteroatoms. The van der Waals surface area contributed by atoms with Crippen molar-refractivity contribution in [1.82, 2.24) is 14.9 Å². The van der Waals surface area contributed by atoms with E-state index in [1.165, 1.54) is 6.92 Å². The van der Waals surface area contributed by atoms with Gasteiger partial charge in [-0.05, 0) is 57.7 Å². The fraction of sp³-hybridized carbons (Fsp3) is 0.452. The number of nitrogens with one attached hydrogen (secondary N) is 1. The number of hydrogen-bond acceptors (Lipinski definition) is 10. The zero-order chi connectivity index (χ0) is 30.7. The van der Waals surface area contributed by atoms with Crippen molar-refractivity contribution in [2.24, 2.45) is 0 Å². The Morgan fingerprint density at radius 1 is 1.09 bits per heavy atom. The number of hydrogen-bond donors (Lipinski definition) is 1. The lowest BCUT2D eigenvalue weighted by Crippen LogP contribution is -2.47. The smallest absolute Gasteiger partial charge is 0.407 e. The van der Waals surface area contributed by atoms with Gasteiger partial charge >= 0.3 is 18.0 Å². The number of cyclic esters (lactones) is 1. The van der Waals surface area contributed by atoms with E-state index in [2.05, 4.69) is 5.32 Å². The van der Waals surface area contributed by atoms with Gasteiger partial charge < -0.3 is 33.6 Å². The molecule has 3 aliphatic heterocycles. The first-order chi connectivity index (χ1) is 20.4. The van der Waals surface area contributed by atoms with Crippen LogP contribution >= 0.6 is 0 Å². The predicted molar refractivity (Wildman–Crippen MR) is 153 cm³/mol. The van der Waals surface area contributed by atoms with Crippen LogP contribution in [0.3, 0.4) is 0 Å². The zero-order valence-electron chi connectivity index (χ0n) is 24.8. The molecule has 1 amide bonds. The molecular formula is C31H33N3O9. The van der Waals surface area contributed by atoms with Crippen LogP contribution in [-0.4, -0.2) is 46.5 Å². The number of carbonyl (C=O) groups excluding carboxylic acids is 3. The lowest BCUT2D eigenvalue weighted by Gasteiger charge is -2.35. The molecule has 2 aromatic heterocycles. The number of carbonyl (C=O) groups is 3. The number of rotatable bonds is 6. The Balaban J connectivity index is 1.45. The van der Waals surface area contributed by atoms with Crippen LogP contribution in [0.5, 0.6) is 11.5 Å². The number of nitrogens with zero attached hydrogens (tertiary/aromatic N) is 2. The molecule has 0 spiro atoms. The van der Waals surface area contributed by atoms with Crippen LogP contribution in [0.4, 0.5) is 4.79 Å². The van der Waals surface area contributed by atoms with Gasteiger partial charge in [0, 0.05) is 36.0 Å². The van der Waals surface area contributed by atoms with Gasteiger partial charge in [-0.1, -0.05) is 6.92 Å². The van der Waals surface area contributed by atoms with E-state index >= 15 is 0 Å². The number of pyridine rings is 2. The third-order valence-electron chi connectivity index (χ3n) is 7.86. The molecule has 0 unspecified atom stereocenters. The molecule has 0 saturated carbocycles. The normalized spacial score (nSPS) is 18.0. The summed E-state index contributed by atoms with van der Waals surface area (Å²) < 4.78 is 29.1. The molecule has 43 heavy (non-hydrogen) atoms. The second-order valence-corrected chi connectivity index (χ2v) is 11.8. The van der Waals surface area contributed by atoms with Crippen molar-refractivity contribution in [2.75, 3.05) is 13.3 Å². The van der Waals surface area contributed by atoms with E-state index in [4.69, 9.17) is 28.7 Å². The second kappa shape index (κ2) is 10.3. The van der Waals surface area contributed by atoms with Gasteiger partial charge in [-0.25, -0.2) is 14.6 Å². The maximum Gasteiger partial charge on any atom is 0.407 e. The van der Waals surface area contributed by atoms with E-state index in [0.717, 1.165) is 16.5 Å². The Labute approximate surface area is 247 Å². The van der Waals surface area contributed by atoms with Gasteiger partial charge in [0.1, 0.15) is 12.2 Å². The van der Waals surface area contributed by atoms with Crippen LogP contribution in [0.2, 0.25) is 0 Å². The van der Waals surface area contributed by atoms with Crippen molar-refractivity contribution in [3.63, 3.8) is 0 Å². The highest BCUT2D eigenvalue weighted by molar-refractivity contribution is 5.91. The molecule has 0 aliphatic carbocycles. The topological polar surface area (TPSA) is 144 Å². The van der Waals surface area contributed by atoms with Gasteiger partial charge in [-0.3, -0.25) is 9.59 Å².